The topological polar surface area (TPSA) is 0 Å². The maximum Gasteiger partial charge on any atom is -0.0250 e. The molecule has 0 atom stereocenters. The van der Waals surface area contributed by atoms with Crippen LogP contribution < -0.4 is 0 Å². The quantitative estimate of drug-likeness (QED) is 0.369. The molecule has 1 aliphatic carbocycles. The first kappa shape index (κ1) is 21.2. The Morgan fingerprint density at radius 3 is 1.39 bits per heavy atom. The minimum atomic E-state index is 0.897. The van der Waals surface area contributed by atoms with Crippen LogP contribution in [0.5, 0.6) is 0 Å². The molecule has 0 bridgehead atoms. The lowest BCUT2D eigenvalue weighted by Gasteiger charge is -2.28. The molecule has 2 aromatic rings. The van der Waals surface area contributed by atoms with Crippen LogP contribution in [-0.4, -0.2) is 0 Å². The van der Waals surface area contributed by atoms with E-state index in [0.29, 0.717) is 0 Å². The molecular weight excluding hydrogens is 336 g/mol. The molecular formula is C28H40. The first-order chi connectivity index (χ1) is 13.8. The van der Waals surface area contributed by atoms with Gasteiger partial charge in [-0.3, -0.25) is 0 Å². The summed E-state index contributed by atoms with van der Waals surface area (Å²) < 4.78 is 0. The van der Waals surface area contributed by atoms with Crippen LogP contribution >= 0.6 is 0 Å². The van der Waals surface area contributed by atoms with Crippen molar-refractivity contribution in [3.05, 3.63) is 70.8 Å². The van der Waals surface area contributed by atoms with Gasteiger partial charge in [0, 0.05) is 0 Å². The summed E-state index contributed by atoms with van der Waals surface area (Å²) in [7, 11) is 0. The highest BCUT2D eigenvalue weighted by Crippen LogP contribution is 2.33. The second-order valence-corrected chi connectivity index (χ2v) is 9.14. The van der Waals surface area contributed by atoms with Crippen molar-refractivity contribution in [2.45, 2.75) is 90.9 Å². The Morgan fingerprint density at radius 2 is 0.964 bits per heavy atom. The SMILES string of the molecule is CCCCCc1ccc(C[C@H]2CC[C@H](Cc3ccc(CCC)cc3)CC2)cc1. The zero-order valence-corrected chi connectivity index (χ0v) is 18.3. The van der Waals surface area contributed by atoms with Gasteiger partial charge in [-0.1, -0.05) is 81.6 Å². The van der Waals surface area contributed by atoms with E-state index in [1.165, 1.54) is 88.2 Å². The molecule has 28 heavy (non-hydrogen) atoms. The van der Waals surface area contributed by atoms with Crippen molar-refractivity contribution in [3.63, 3.8) is 0 Å². The molecule has 0 heteroatoms. The Bertz CT molecular complexity index is 656. The molecule has 0 amide bonds. The number of rotatable bonds is 10. The third-order valence-corrected chi connectivity index (χ3v) is 6.67. The molecule has 1 saturated carbocycles. The zero-order chi connectivity index (χ0) is 19.6. The van der Waals surface area contributed by atoms with Crippen LogP contribution in [0.4, 0.5) is 0 Å². The molecule has 3 rings (SSSR count). The minimum absolute atomic E-state index is 0.897. The molecule has 0 spiro atoms. The van der Waals surface area contributed by atoms with E-state index in [1.54, 1.807) is 11.1 Å². The fraction of sp³-hybridized carbons (Fsp3) is 0.571. The van der Waals surface area contributed by atoms with Crippen molar-refractivity contribution >= 4 is 0 Å². The molecule has 0 saturated heterocycles. The van der Waals surface area contributed by atoms with Gasteiger partial charge in [0.25, 0.3) is 0 Å². The number of unbranched alkanes of at least 4 members (excludes halogenated alkanes) is 2. The Balaban J connectivity index is 1.40. The first-order valence-electron chi connectivity index (χ1n) is 11.9. The standard InChI is InChI=1S/C28H40/c1-3-5-6-8-24-11-15-26(16-12-24)22-28-19-17-27(18-20-28)21-25-13-9-23(7-4-2)10-14-25/h9-16,27-28H,3-8,17-22H2,1-2H3/t27-,28-. The average Bonchev–Trinajstić information content (AvgIpc) is 2.73. The van der Waals surface area contributed by atoms with Crippen molar-refractivity contribution < 1.29 is 0 Å². The fourth-order valence-corrected chi connectivity index (χ4v) is 4.86. The summed E-state index contributed by atoms with van der Waals surface area (Å²) in [5.41, 5.74) is 6.10. The molecule has 0 radical (unpaired) electrons. The van der Waals surface area contributed by atoms with Crippen LogP contribution in [0.15, 0.2) is 48.5 Å². The van der Waals surface area contributed by atoms with Crippen molar-refractivity contribution in [2.24, 2.45) is 11.8 Å². The fourth-order valence-electron chi connectivity index (χ4n) is 4.86. The Kier molecular flexibility index (Phi) is 8.65. The Morgan fingerprint density at radius 1 is 0.536 bits per heavy atom. The van der Waals surface area contributed by atoms with Gasteiger partial charge in [-0.2, -0.15) is 0 Å². The number of aryl methyl sites for hydroxylation is 2. The van der Waals surface area contributed by atoms with Crippen LogP contribution in [0.2, 0.25) is 0 Å². The smallest absolute Gasteiger partial charge is 0.0250 e. The van der Waals surface area contributed by atoms with Gasteiger partial charge in [-0.15, -0.1) is 0 Å². The average molecular weight is 377 g/mol. The van der Waals surface area contributed by atoms with E-state index in [9.17, 15) is 0 Å². The Labute approximate surface area is 173 Å². The monoisotopic (exact) mass is 376 g/mol. The Hall–Kier alpha value is -1.56. The summed E-state index contributed by atoms with van der Waals surface area (Å²) in [5, 5.41) is 0. The third-order valence-electron chi connectivity index (χ3n) is 6.67. The summed E-state index contributed by atoms with van der Waals surface area (Å²) in [5.74, 6) is 1.79. The van der Waals surface area contributed by atoms with E-state index in [-0.39, 0.29) is 0 Å². The van der Waals surface area contributed by atoms with Crippen LogP contribution in [-0.2, 0) is 25.7 Å². The predicted octanol–water partition coefficient (Wildman–Crippen LogP) is 7.96. The lowest BCUT2D eigenvalue weighted by molar-refractivity contribution is 0.272. The van der Waals surface area contributed by atoms with E-state index in [0.717, 1.165) is 11.8 Å². The summed E-state index contributed by atoms with van der Waals surface area (Å²) in [6, 6.07) is 19.0. The molecule has 0 heterocycles. The maximum atomic E-state index is 2.39. The summed E-state index contributed by atoms with van der Waals surface area (Å²) in [6.45, 7) is 4.54. The molecule has 2 aromatic carbocycles. The number of benzene rings is 2. The molecule has 0 N–H and O–H groups in total. The van der Waals surface area contributed by atoms with Crippen molar-refractivity contribution in [1.29, 1.82) is 0 Å². The molecule has 0 unspecified atom stereocenters. The van der Waals surface area contributed by atoms with Gasteiger partial charge in [0.1, 0.15) is 0 Å². The molecule has 0 nitrogen and oxygen atoms in total. The molecule has 0 aromatic heterocycles. The van der Waals surface area contributed by atoms with Crippen LogP contribution in [0, 0.1) is 11.8 Å². The van der Waals surface area contributed by atoms with Gasteiger partial charge < -0.3 is 0 Å². The zero-order valence-electron chi connectivity index (χ0n) is 18.3. The van der Waals surface area contributed by atoms with Gasteiger partial charge in [-0.25, -0.2) is 0 Å². The van der Waals surface area contributed by atoms with Crippen molar-refractivity contribution in [1.82, 2.24) is 0 Å². The van der Waals surface area contributed by atoms with E-state index in [4.69, 9.17) is 0 Å². The van der Waals surface area contributed by atoms with Crippen LogP contribution in [0.1, 0.15) is 87.5 Å². The van der Waals surface area contributed by atoms with Gasteiger partial charge in [0.2, 0.25) is 0 Å². The van der Waals surface area contributed by atoms with Gasteiger partial charge in [-0.05, 0) is 91.9 Å². The van der Waals surface area contributed by atoms with E-state index >= 15 is 0 Å². The largest absolute Gasteiger partial charge is 0.0654 e. The molecule has 152 valence electrons. The second kappa shape index (κ2) is 11.4. The van der Waals surface area contributed by atoms with Gasteiger partial charge >= 0.3 is 0 Å². The van der Waals surface area contributed by atoms with E-state index in [1.807, 2.05) is 0 Å². The molecule has 1 fully saturated rings. The predicted molar refractivity (Wildman–Crippen MR) is 123 cm³/mol. The van der Waals surface area contributed by atoms with Crippen molar-refractivity contribution in [3.8, 4) is 0 Å². The molecule has 0 aliphatic heterocycles. The maximum absolute atomic E-state index is 2.39. The number of hydrogen-bond donors (Lipinski definition) is 0. The number of hydrogen-bond acceptors (Lipinski definition) is 0. The van der Waals surface area contributed by atoms with Crippen LogP contribution in [0.3, 0.4) is 0 Å². The summed E-state index contributed by atoms with van der Waals surface area (Å²) >= 11 is 0. The summed E-state index contributed by atoms with van der Waals surface area (Å²) in [4.78, 5) is 0. The summed E-state index contributed by atoms with van der Waals surface area (Å²) in [6.07, 6.45) is 15.9. The third kappa shape index (κ3) is 6.80. The van der Waals surface area contributed by atoms with Crippen LogP contribution in [0.25, 0.3) is 0 Å². The lowest BCUT2D eigenvalue weighted by atomic mass is 9.77. The van der Waals surface area contributed by atoms with Gasteiger partial charge in [0.05, 0.1) is 0 Å². The van der Waals surface area contributed by atoms with E-state index < -0.39 is 0 Å². The second-order valence-electron chi connectivity index (χ2n) is 9.14. The van der Waals surface area contributed by atoms with Gasteiger partial charge in [0.15, 0.2) is 0 Å². The molecule has 1 aliphatic rings. The minimum Gasteiger partial charge on any atom is -0.0654 e. The van der Waals surface area contributed by atoms with Crippen molar-refractivity contribution in [2.75, 3.05) is 0 Å². The highest BCUT2D eigenvalue weighted by Gasteiger charge is 2.21. The normalized spacial score (nSPS) is 19.6. The highest BCUT2D eigenvalue weighted by molar-refractivity contribution is 5.24. The highest BCUT2D eigenvalue weighted by atomic mass is 14.3. The first-order valence-corrected chi connectivity index (χ1v) is 11.9. The lowest BCUT2D eigenvalue weighted by Crippen LogP contribution is -2.18. The van der Waals surface area contributed by atoms with E-state index in [2.05, 4.69) is 62.4 Å².